The van der Waals surface area contributed by atoms with Crippen LogP contribution in [0.15, 0.2) is 18.2 Å². The number of carbonyl (C=O) groups is 1. The molecular weight excluding hydrogens is 207 g/mol. The Hall–Kier alpha value is -1.60. The summed E-state index contributed by atoms with van der Waals surface area (Å²) in [6.45, 7) is -0.162. The topological polar surface area (TPSA) is 52.9 Å². The standard InChI is InChI=1S/C9H6ClFN2O/c10-6-1-2-8(11)7(5-6)9(14)13-4-3-12/h1-2,5H,4H2,(H,13,14). The highest BCUT2D eigenvalue weighted by molar-refractivity contribution is 6.30. The molecule has 72 valence electrons. The minimum Gasteiger partial charge on any atom is -0.339 e. The van der Waals surface area contributed by atoms with E-state index in [1.165, 1.54) is 12.1 Å². The molecule has 0 aliphatic rings. The molecule has 0 aliphatic carbocycles. The number of nitrogens with zero attached hydrogens (tertiary/aromatic N) is 1. The number of hydrogen-bond acceptors (Lipinski definition) is 2. The average molecular weight is 213 g/mol. The molecule has 1 aromatic rings. The SMILES string of the molecule is N#CCNC(=O)c1cc(Cl)ccc1F. The summed E-state index contributed by atoms with van der Waals surface area (Å²) >= 11 is 5.58. The van der Waals surface area contributed by atoms with E-state index in [0.717, 1.165) is 6.07 Å². The Bertz CT molecular complexity index is 400. The van der Waals surface area contributed by atoms with Crippen molar-refractivity contribution in [1.29, 1.82) is 5.26 Å². The Labute approximate surface area is 85.1 Å². The first-order chi connectivity index (χ1) is 6.65. The number of rotatable bonds is 2. The van der Waals surface area contributed by atoms with Gasteiger partial charge in [0.25, 0.3) is 5.91 Å². The molecular formula is C9H6ClFN2O. The third kappa shape index (κ3) is 2.44. The van der Waals surface area contributed by atoms with Gasteiger partial charge in [-0.15, -0.1) is 0 Å². The molecule has 0 saturated heterocycles. The van der Waals surface area contributed by atoms with Gasteiger partial charge in [-0.3, -0.25) is 4.79 Å². The fraction of sp³-hybridized carbons (Fsp3) is 0.111. The zero-order valence-corrected chi connectivity index (χ0v) is 7.81. The van der Waals surface area contributed by atoms with Crippen LogP contribution in [-0.4, -0.2) is 12.5 Å². The van der Waals surface area contributed by atoms with Crippen LogP contribution in [0.2, 0.25) is 5.02 Å². The highest BCUT2D eigenvalue weighted by Gasteiger charge is 2.10. The van der Waals surface area contributed by atoms with E-state index in [2.05, 4.69) is 5.32 Å². The van der Waals surface area contributed by atoms with Crippen molar-refractivity contribution >= 4 is 17.5 Å². The maximum absolute atomic E-state index is 13.0. The Kier molecular flexibility index (Phi) is 3.43. The summed E-state index contributed by atoms with van der Waals surface area (Å²) in [5, 5.41) is 10.7. The van der Waals surface area contributed by atoms with Crippen LogP contribution in [0.3, 0.4) is 0 Å². The van der Waals surface area contributed by atoms with Crippen molar-refractivity contribution in [1.82, 2.24) is 5.32 Å². The molecule has 0 atom stereocenters. The average Bonchev–Trinajstić information content (AvgIpc) is 2.18. The number of halogens is 2. The summed E-state index contributed by atoms with van der Waals surface area (Å²) in [6.07, 6.45) is 0. The second kappa shape index (κ2) is 4.58. The molecule has 0 heterocycles. The summed E-state index contributed by atoms with van der Waals surface area (Å²) in [7, 11) is 0. The normalized spacial score (nSPS) is 9.21. The number of nitrogens with one attached hydrogen (secondary N) is 1. The lowest BCUT2D eigenvalue weighted by atomic mass is 10.2. The maximum Gasteiger partial charge on any atom is 0.255 e. The molecule has 0 radical (unpaired) electrons. The van der Waals surface area contributed by atoms with Crippen molar-refractivity contribution < 1.29 is 9.18 Å². The summed E-state index contributed by atoms with van der Waals surface area (Å²) < 4.78 is 13.0. The van der Waals surface area contributed by atoms with Crippen molar-refractivity contribution in [2.45, 2.75) is 0 Å². The molecule has 0 aromatic heterocycles. The van der Waals surface area contributed by atoms with Gasteiger partial charge in [0.15, 0.2) is 0 Å². The largest absolute Gasteiger partial charge is 0.339 e. The summed E-state index contributed by atoms with van der Waals surface area (Å²) in [6, 6.07) is 5.37. The lowest BCUT2D eigenvalue weighted by molar-refractivity contribution is 0.0954. The molecule has 0 aliphatic heterocycles. The summed E-state index contributed by atoms with van der Waals surface area (Å²) in [4.78, 5) is 11.2. The molecule has 5 heteroatoms. The van der Waals surface area contributed by atoms with Gasteiger partial charge in [0.05, 0.1) is 11.6 Å². The van der Waals surface area contributed by atoms with E-state index in [1.807, 2.05) is 0 Å². The van der Waals surface area contributed by atoms with Crippen LogP contribution in [0.1, 0.15) is 10.4 Å². The van der Waals surface area contributed by atoms with Crippen molar-refractivity contribution in [3.63, 3.8) is 0 Å². The molecule has 14 heavy (non-hydrogen) atoms. The number of amides is 1. The number of hydrogen-bond donors (Lipinski definition) is 1. The molecule has 0 fully saturated rings. The van der Waals surface area contributed by atoms with Crippen LogP contribution in [0.4, 0.5) is 4.39 Å². The van der Waals surface area contributed by atoms with Crippen molar-refractivity contribution in [3.05, 3.63) is 34.6 Å². The van der Waals surface area contributed by atoms with Crippen LogP contribution in [-0.2, 0) is 0 Å². The number of benzene rings is 1. The van der Waals surface area contributed by atoms with Crippen LogP contribution in [0.5, 0.6) is 0 Å². The summed E-state index contributed by atoms with van der Waals surface area (Å²) in [5.41, 5.74) is -0.159. The molecule has 1 rings (SSSR count). The Morgan fingerprint density at radius 3 is 3.00 bits per heavy atom. The first-order valence-electron chi connectivity index (χ1n) is 3.75. The fourth-order valence-electron chi connectivity index (χ4n) is 0.887. The predicted molar refractivity (Wildman–Crippen MR) is 49.4 cm³/mol. The molecule has 1 amide bonds. The Balaban J connectivity index is 2.90. The van der Waals surface area contributed by atoms with Gasteiger partial charge in [-0.2, -0.15) is 5.26 Å². The molecule has 3 nitrogen and oxygen atoms in total. The minimum absolute atomic E-state index is 0.159. The first-order valence-corrected chi connectivity index (χ1v) is 4.13. The van der Waals surface area contributed by atoms with E-state index >= 15 is 0 Å². The summed E-state index contributed by atoms with van der Waals surface area (Å²) in [5.74, 6) is -1.31. The molecule has 0 unspecified atom stereocenters. The quantitative estimate of drug-likeness (QED) is 0.759. The van der Waals surface area contributed by atoms with Gasteiger partial charge < -0.3 is 5.32 Å². The van der Waals surface area contributed by atoms with Crippen LogP contribution < -0.4 is 5.32 Å². The smallest absolute Gasteiger partial charge is 0.255 e. The fourth-order valence-corrected chi connectivity index (χ4v) is 1.06. The Morgan fingerprint density at radius 1 is 1.64 bits per heavy atom. The maximum atomic E-state index is 13.0. The first kappa shape index (κ1) is 10.5. The van der Waals surface area contributed by atoms with Gasteiger partial charge in [-0.1, -0.05) is 11.6 Å². The Morgan fingerprint density at radius 2 is 2.36 bits per heavy atom. The third-order valence-corrected chi connectivity index (χ3v) is 1.74. The van der Waals surface area contributed by atoms with Crippen molar-refractivity contribution in [2.24, 2.45) is 0 Å². The van der Waals surface area contributed by atoms with Crippen molar-refractivity contribution in [2.75, 3.05) is 6.54 Å². The van der Waals surface area contributed by atoms with Gasteiger partial charge in [0.1, 0.15) is 12.4 Å². The van der Waals surface area contributed by atoms with Gasteiger partial charge in [-0.05, 0) is 18.2 Å². The van der Waals surface area contributed by atoms with E-state index in [-0.39, 0.29) is 17.1 Å². The highest BCUT2D eigenvalue weighted by atomic mass is 35.5. The van der Waals surface area contributed by atoms with Crippen LogP contribution in [0.25, 0.3) is 0 Å². The van der Waals surface area contributed by atoms with Crippen LogP contribution in [0, 0.1) is 17.1 Å². The molecule has 0 spiro atoms. The minimum atomic E-state index is -0.662. The van der Waals surface area contributed by atoms with E-state index in [4.69, 9.17) is 16.9 Å². The molecule has 1 aromatic carbocycles. The third-order valence-electron chi connectivity index (χ3n) is 1.50. The highest BCUT2D eigenvalue weighted by Crippen LogP contribution is 2.14. The lowest BCUT2D eigenvalue weighted by Crippen LogP contribution is -2.24. The van der Waals surface area contributed by atoms with Crippen LogP contribution >= 0.6 is 11.6 Å². The van der Waals surface area contributed by atoms with Gasteiger partial charge in [0, 0.05) is 5.02 Å². The van der Waals surface area contributed by atoms with E-state index in [0.29, 0.717) is 0 Å². The van der Waals surface area contributed by atoms with Gasteiger partial charge in [-0.25, -0.2) is 4.39 Å². The molecule has 1 N–H and O–H groups in total. The van der Waals surface area contributed by atoms with E-state index < -0.39 is 11.7 Å². The monoisotopic (exact) mass is 212 g/mol. The molecule has 0 bridgehead atoms. The number of nitriles is 1. The van der Waals surface area contributed by atoms with E-state index in [1.54, 1.807) is 6.07 Å². The molecule has 0 saturated carbocycles. The van der Waals surface area contributed by atoms with E-state index in [9.17, 15) is 9.18 Å². The second-order valence-corrected chi connectivity index (χ2v) is 2.90. The number of carbonyl (C=O) groups excluding carboxylic acids is 1. The zero-order chi connectivity index (χ0) is 10.6. The lowest BCUT2D eigenvalue weighted by Gasteiger charge is -2.02. The predicted octanol–water partition coefficient (Wildman–Crippen LogP) is 1.73. The van der Waals surface area contributed by atoms with Gasteiger partial charge in [0.2, 0.25) is 0 Å². The second-order valence-electron chi connectivity index (χ2n) is 2.46. The van der Waals surface area contributed by atoms with Gasteiger partial charge >= 0.3 is 0 Å². The van der Waals surface area contributed by atoms with Crippen molar-refractivity contribution in [3.8, 4) is 6.07 Å². The zero-order valence-electron chi connectivity index (χ0n) is 7.05.